The van der Waals surface area contributed by atoms with Gasteiger partial charge in [0.15, 0.2) is 0 Å². The maximum absolute atomic E-state index is 10.0. The molecule has 2 saturated heterocycles. The summed E-state index contributed by atoms with van der Waals surface area (Å²) < 4.78 is 11.2. The number of aliphatic hydroxyl groups is 1. The van der Waals surface area contributed by atoms with Gasteiger partial charge in [-0.05, 0) is 24.1 Å². The Balaban J connectivity index is 1.79. The molecular weight excluding hydrogens is 230 g/mol. The number of hydrogen-bond donors (Lipinski definition) is 2. The minimum atomic E-state index is -0.395. The molecule has 2 fully saturated rings. The van der Waals surface area contributed by atoms with Crippen LogP contribution in [0.25, 0.3) is 0 Å². The van der Waals surface area contributed by atoms with Crippen LogP contribution in [0.3, 0.4) is 0 Å². The van der Waals surface area contributed by atoms with Crippen molar-refractivity contribution in [1.29, 1.82) is 0 Å². The Morgan fingerprint density at radius 1 is 1.50 bits per heavy atom. The van der Waals surface area contributed by atoms with E-state index in [2.05, 4.69) is 17.4 Å². The van der Waals surface area contributed by atoms with Crippen LogP contribution in [0.4, 0.5) is 0 Å². The van der Waals surface area contributed by atoms with Crippen LogP contribution < -0.4 is 10.1 Å². The second kappa shape index (κ2) is 4.53. The molecule has 2 N–H and O–H groups in total. The van der Waals surface area contributed by atoms with E-state index in [1.807, 2.05) is 12.1 Å². The van der Waals surface area contributed by atoms with Gasteiger partial charge in [0.2, 0.25) is 0 Å². The smallest absolute Gasteiger partial charge is 0.119 e. The Morgan fingerprint density at radius 2 is 2.39 bits per heavy atom. The first-order chi connectivity index (χ1) is 8.73. The minimum absolute atomic E-state index is 0.342. The number of benzene rings is 1. The summed E-state index contributed by atoms with van der Waals surface area (Å²) in [6.45, 7) is 2.05. The van der Waals surface area contributed by atoms with Crippen molar-refractivity contribution < 1.29 is 14.6 Å². The molecule has 0 bridgehead atoms. The van der Waals surface area contributed by atoms with E-state index < -0.39 is 6.10 Å². The molecule has 0 amide bonds. The normalized spacial score (nSPS) is 35.2. The van der Waals surface area contributed by atoms with E-state index in [0.29, 0.717) is 19.1 Å². The molecule has 0 aliphatic carbocycles. The van der Waals surface area contributed by atoms with Crippen molar-refractivity contribution in [3.05, 3.63) is 29.8 Å². The first kappa shape index (κ1) is 12.0. The van der Waals surface area contributed by atoms with Gasteiger partial charge in [0.1, 0.15) is 11.4 Å². The third kappa shape index (κ3) is 1.90. The SMILES string of the molecule is COc1cccc([C@H]2CO[C@@]3(CNC[C@H]3O)C2)c1. The number of methoxy groups -OCH3 is 1. The fourth-order valence-electron chi connectivity index (χ4n) is 2.99. The first-order valence-electron chi connectivity index (χ1n) is 6.40. The van der Waals surface area contributed by atoms with Crippen LogP contribution >= 0.6 is 0 Å². The van der Waals surface area contributed by atoms with Gasteiger partial charge in [0.25, 0.3) is 0 Å². The van der Waals surface area contributed by atoms with Crippen LogP contribution in [-0.4, -0.2) is 43.6 Å². The van der Waals surface area contributed by atoms with E-state index in [4.69, 9.17) is 9.47 Å². The largest absolute Gasteiger partial charge is 0.497 e. The lowest BCUT2D eigenvalue weighted by atomic mass is 9.87. The number of ether oxygens (including phenoxy) is 2. The number of rotatable bonds is 2. The summed E-state index contributed by atoms with van der Waals surface area (Å²) in [4.78, 5) is 0. The average molecular weight is 249 g/mol. The standard InChI is InChI=1S/C14H19NO3/c1-17-12-4-2-3-10(5-12)11-6-14(18-8-11)9-15-7-13(14)16/h2-5,11,13,15-16H,6-9H2,1H3/t11-,13-,14-/m1/s1. The summed E-state index contributed by atoms with van der Waals surface area (Å²) in [7, 11) is 1.68. The fraction of sp³-hybridized carbons (Fsp3) is 0.571. The summed E-state index contributed by atoms with van der Waals surface area (Å²) in [5.74, 6) is 1.22. The number of nitrogens with one attached hydrogen (secondary N) is 1. The van der Waals surface area contributed by atoms with E-state index in [1.165, 1.54) is 5.56 Å². The van der Waals surface area contributed by atoms with Crippen molar-refractivity contribution in [2.24, 2.45) is 0 Å². The molecule has 0 saturated carbocycles. The molecule has 2 aliphatic heterocycles. The van der Waals surface area contributed by atoms with E-state index in [9.17, 15) is 5.11 Å². The van der Waals surface area contributed by atoms with Gasteiger partial charge < -0.3 is 19.9 Å². The molecule has 1 aromatic carbocycles. The molecule has 3 rings (SSSR count). The van der Waals surface area contributed by atoms with Crippen molar-refractivity contribution in [2.75, 3.05) is 26.8 Å². The Hall–Kier alpha value is -1.10. The van der Waals surface area contributed by atoms with Gasteiger partial charge in [-0.3, -0.25) is 0 Å². The lowest BCUT2D eigenvalue weighted by Gasteiger charge is -2.25. The highest BCUT2D eigenvalue weighted by Crippen LogP contribution is 2.40. The topological polar surface area (TPSA) is 50.7 Å². The number of aliphatic hydroxyl groups excluding tert-OH is 1. The van der Waals surface area contributed by atoms with Crippen LogP contribution in [0.5, 0.6) is 5.75 Å². The van der Waals surface area contributed by atoms with E-state index in [0.717, 1.165) is 18.7 Å². The van der Waals surface area contributed by atoms with Crippen molar-refractivity contribution in [3.63, 3.8) is 0 Å². The molecule has 0 unspecified atom stereocenters. The second-order valence-corrected chi connectivity index (χ2v) is 5.20. The quantitative estimate of drug-likeness (QED) is 0.817. The molecule has 0 radical (unpaired) electrons. The number of β-amino-alcohol motifs (C(OH)–C–C–N with tert-alkyl or cyclic N) is 1. The highest BCUT2D eigenvalue weighted by molar-refractivity contribution is 5.32. The van der Waals surface area contributed by atoms with Gasteiger partial charge in [-0.2, -0.15) is 0 Å². The molecule has 1 spiro atoms. The molecule has 98 valence electrons. The van der Waals surface area contributed by atoms with Crippen molar-refractivity contribution in [3.8, 4) is 5.75 Å². The van der Waals surface area contributed by atoms with Crippen molar-refractivity contribution >= 4 is 0 Å². The molecule has 3 atom stereocenters. The summed E-state index contributed by atoms with van der Waals surface area (Å²) >= 11 is 0. The van der Waals surface area contributed by atoms with Crippen LogP contribution in [0.15, 0.2) is 24.3 Å². The van der Waals surface area contributed by atoms with E-state index in [1.54, 1.807) is 7.11 Å². The van der Waals surface area contributed by atoms with Gasteiger partial charge in [-0.1, -0.05) is 12.1 Å². The fourth-order valence-corrected chi connectivity index (χ4v) is 2.99. The lowest BCUT2D eigenvalue weighted by Crippen LogP contribution is -2.40. The van der Waals surface area contributed by atoms with Gasteiger partial charge in [-0.15, -0.1) is 0 Å². The van der Waals surface area contributed by atoms with Gasteiger partial charge >= 0.3 is 0 Å². The maximum atomic E-state index is 10.0. The molecule has 4 heteroatoms. The average Bonchev–Trinajstić information content (AvgIpc) is 2.99. The Labute approximate surface area is 107 Å². The summed E-state index contributed by atoms with van der Waals surface area (Å²) in [6, 6.07) is 8.11. The summed E-state index contributed by atoms with van der Waals surface area (Å²) in [6.07, 6.45) is 0.474. The summed E-state index contributed by atoms with van der Waals surface area (Å²) in [5, 5.41) is 13.2. The minimum Gasteiger partial charge on any atom is -0.497 e. The van der Waals surface area contributed by atoms with Gasteiger partial charge in [0, 0.05) is 19.0 Å². The predicted octanol–water partition coefficient (Wildman–Crippen LogP) is 0.902. The molecular formula is C14H19NO3. The third-order valence-electron chi connectivity index (χ3n) is 4.10. The Bertz CT molecular complexity index is 437. The molecule has 0 aromatic heterocycles. The van der Waals surface area contributed by atoms with Gasteiger partial charge in [0.05, 0.1) is 19.8 Å². The van der Waals surface area contributed by atoms with Crippen LogP contribution in [0, 0.1) is 0 Å². The van der Waals surface area contributed by atoms with Crippen LogP contribution in [-0.2, 0) is 4.74 Å². The first-order valence-corrected chi connectivity index (χ1v) is 6.40. The highest BCUT2D eigenvalue weighted by Gasteiger charge is 2.49. The lowest BCUT2D eigenvalue weighted by molar-refractivity contribution is -0.0581. The number of hydrogen-bond acceptors (Lipinski definition) is 4. The zero-order valence-electron chi connectivity index (χ0n) is 10.6. The zero-order chi connectivity index (χ0) is 12.6. The van der Waals surface area contributed by atoms with E-state index >= 15 is 0 Å². The monoisotopic (exact) mass is 249 g/mol. The predicted molar refractivity (Wildman–Crippen MR) is 67.9 cm³/mol. The van der Waals surface area contributed by atoms with Gasteiger partial charge in [-0.25, -0.2) is 0 Å². The molecule has 2 heterocycles. The molecule has 4 nitrogen and oxygen atoms in total. The maximum Gasteiger partial charge on any atom is 0.119 e. The zero-order valence-corrected chi connectivity index (χ0v) is 10.6. The summed E-state index contributed by atoms with van der Waals surface area (Å²) in [5.41, 5.74) is 0.846. The van der Waals surface area contributed by atoms with E-state index in [-0.39, 0.29) is 5.60 Å². The van der Waals surface area contributed by atoms with Crippen molar-refractivity contribution in [2.45, 2.75) is 24.0 Å². The van der Waals surface area contributed by atoms with Crippen LogP contribution in [0.2, 0.25) is 0 Å². The van der Waals surface area contributed by atoms with Crippen molar-refractivity contribution in [1.82, 2.24) is 5.32 Å². The Morgan fingerprint density at radius 3 is 3.11 bits per heavy atom. The van der Waals surface area contributed by atoms with Crippen LogP contribution in [0.1, 0.15) is 17.9 Å². The molecule has 18 heavy (non-hydrogen) atoms. The second-order valence-electron chi connectivity index (χ2n) is 5.20. The molecule has 2 aliphatic rings. The molecule has 1 aromatic rings. The third-order valence-corrected chi connectivity index (χ3v) is 4.10. The highest BCUT2D eigenvalue weighted by atomic mass is 16.5. The Kier molecular flexibility index (Phi) is 3.01.